The van der Waals surface area contributed by atoms with Gasteiger partial charge in [-0.25, -0.2) is 0 Å². The fourth-order valence-electron chi connectivity index (χ4n) is 12.5. The van der Waals surface area contributed by atoms with Crippen LogP contribution in [-0.4, -0.2) is 29.0 Å². The molecule has 0 bridgehead atoms. The first-order chi connectivity index (χ1) is 35.0. The first kappa shape index (κ1) is 43.2. The second kappa shape index (κ2) is 15.5. The summed E-state index contributed by atoms with van der Waals surface area (Å²) in [4.78, 5) is 10.4. The van der Waals surface area contributed by atoms with Gasteiger partial charge in [-0.1, -0.05) is 0 Å². The van der Waals surface area contributed by atoms with Crippen molar-refractivity contribution in [2.45, 2.75) is 52.4 Å². The summed E-state index contributed by atoms with van der Waals surface area (Å²) in [6.07, 6.45) is 0. The third-order valence-corrected chi connectivity index (χ3v) is 22.8. The van der Waals surface area contributed by atoms with Gasteiger partial charge in [0.15, 0.2) is 0 Å². The van der Waals surface area contributed by atoms with Gasteiger partial charge in [0.25, 0.3) is 0 Å². The van der Waals surface area contributed by atoms with Crippen molar-refractivity contribution in [1.29, 1.82) is 0 Å². The zero-order valence-electron chi connectivity index (χ0n) is 40.8. The molecule has 15 rings (SSSR count). The summed E-state index contributed by atoms with van der Waals surface area (Å²) >= 11 is 4.30. The van der Waals surface area contributed by atoms with E-state index in [1.807, 2.05) is 22.7 Å². The molecule has 2 nitrogen and oxygen atoms in total. The normalized spacial score (nSPS) is 14.7. The van der Waals surface area contributed by atoms with Crippen LogP contribution in [0.1, 0.15) is 59.7 Å². The van der Waals surface area contributed by atoms with E-state index in [1.54, 1.807) is 0 Å². The fourth-order valence-corrected chi connectivity index (χ4v) is 19.1. The molecule has 0 amide bonds. The molecule has 0 aliphatic carbocycles. The van der Waals surface area contributed by atoms with Gasteiger partial charge in [0.1, 0.15) is 0 Å². The molecule has 0 spiro atoms. The standard InChI is InChI=1S/C66H48N2S2Se2/c1-37-23-29-57(69-37)63-43-27-25-40(68-54-20-12-10-18-50(54)66(5,6)52-34-46-42-16-8-14-22-60(42)72-62(46)36-56(52)68)32-48(43)64(58-30-24-38(2)70-58)44-28-26-39(31-47(44)63)67-53-19-11-9-17-49(53)65(3,4)51-33-45-41-15-7-13-21-59(41)71-61(45)35-55(51)67/h7-36H,1-6H3. The molecule has 0 atom stereocenters. The molecule has 0 saturated heterocycles. The molecular formula is C66H48N2S2Se2. The molecule has 6 heteroatoms. The molecule has 346 valence electrons. The van der Waals surface area contributed by atoms with Gasteiger partial charge in [-0.15, -0.1) is 0 Å². The minimum absolute atomic E-state index is 0.187. The zero-order chi connectivity index (χ0) is 48.4. The van der Waals surface area contributed by atoms with E-state index in [2.05, 4.69) is 233 Å². The Morgan fingerprint density at radius 2 is 0.750 bits per heavy atom. The Bertz CT molecular complexity index is 4180. The van der Waals surface area contributed by atoms with Crippen LogP contribution in [0.2, 0.25) is 0 Å². The fraction of sp³-hybridized carbons (Fsp3) is 0.121. The van der Waals surface area contributed by atoms with Gasteiger partial charge in [0.05, 0.1) is 0 Å². The SMILES string of the molecule is Cc1ccc(-c2c3ccc(N4c5ccccc5C(C)(C)c5cc6c(cc54)[se]c4ccccc46)cc3c(-c3ccc(C)s3)c3ccc(N4c5ccccc5C(C)(C)c5cc6c(cc54)[se]c4ccccc46)cc23)s1. The third kappa shape index (κ3) is 6.12. The Labute approximate surface area is 439 Å². The van der Waals surface area contributed by atoms with Crippen molar-refractivity contribution in [3.63, 3.8) is 0 Å². The summed E-state index contributed by atoms with van der Waals surface area (Å²) < 4.78 is 5.89. The number of thiophene rings is 2. The van der Waals surface area contributed by atoms with Crippen LogP contribution < -0.4 is 9.80 Å². The van der Waals surface area contributed by atoms with Gasteiger partial charge in [-0.2, -0.15) is 0 Å². The topological polar surface area (TPSA) is 6.48 Å². The van der Waals surface area contributed by atoms with Crippen LogP contribution >= 0.6 is 22.7 Å². The average Bonchev–Trinajstić information content (AvgIpc) is 4.20. The van der Waals surface area contributed by atoms with Gasteiger partial charge in [-0.05, 0) is 0 Å². The maximum atomic E-state index is 2.59. The molecule has 0 radical (unpaired) electrons. The molecule has 0 fully saturated rings. The first-order valence-corrected chi connectivity index (χ1v) is 30.0. The number of fused-ring (bicyclic) bond motifs is 12. The number of benzene rings is 9. The van der Waals surface area contributed by atoms with Crippen molar-refractivity contribution >= 4 is 146 Å². The molecular weight excluding hydrogens is 1040 g/mol. The molecule has 6 heterocycles. The molecule has 0 unspecified atom stereocenters. The van der Waals surface area contributed by atoms with Crippen molar-refractivity contribution in [2.75, 3.05) is 9.80 Å². The number of para-hydroxylation sites is 2. The first-order valence-electron chi connectivity index (χ1n) is 24.9. The van der Waals surface area contributed by atoms with E-state index in [1.165, 1.54) is 147 Å². The summed E-state index contributed by atoms with van der Waals surface area (Å²) in [5, 5.41) is 10.7. The molecule has 13 aromatic rings. The van der Waals surface area contributed by atoms with Crippen molar-refractivity contribution in [1.82, 2.24) is 0 Å². The monoisotopic (exact) mass is 1090 g/mol. The van der Waals surface area contributed by atoms with E-state index in [-0.39, 0.29) is 39.8 Å². The van der Waals surface area contributed by atoms with Crippen LogP contribution in [0.3, 0.4) is 0 Å². The third-order valence-electron chi connectivity index (χ3n) is 16.0. The number of hydrogen-bond acceptors (Lipinski definition) is 4. The van der Waals surface area contributed by atoms with E-state index in [0.29, 0.717) is 0 Å². The van der Waals surface area contributed by atoms with Crippen LogP contribution in [0.4, 0.5) is 34.1 Å². The van der Waals surface area contributed by atoms with Crippen LogP contribution in [0.15, 0.2) is 182 Å². The summed E-state index contributed by atoms with van der Waals surface area (Å²) in [5.74, 6) is 0. The maximum absolute atomic E-state index is 2.59. The number of hydrogen-bond donors (Lipinski definition) is 0. The molecule has 0 N–H and O–H groups in total. The Morgan fingerprint density at radius 1 is 0.333 bits per heavy atom. The average molecular weight is 1090 g/mol. The van der Waals surface area contributed by atoms with Gasteiger partial charge >= 0.3 is 443 Å². The van der Waals surface area contributed by atoms with Crippen molar-refractivity contribution in [3.05, 3.63) is 214 Å². The molecule has 72 heavy (non-hydrogen) atoms. The predicted octanol–water partition coefficient (Wildman–Crippen LogP) is 19.0. The molecule has 2 aliphatic rings. The van der Waals surface area contributed by atoms with Crippen LogP contribution in [-0.2, 0) is 10.8 Å². The van der Waals surface area contributed by atoms with Crippen molar-refractivity contribution in [2.24, 2.45) is 0 Å². The van der Waals surface area contributed by atoms with E-state index in [9.17, 15) is 0 Å². The van der Waals surface area contributed by atoms with Crippen molar-refractivity contribution in [3.8, 4) is 20.9 Å². The quantitative estimate of drug-likeness (QED) is 0.128. The van der Waals surface area contributed by atoms with E-state index in [0.717, 1.165) is 0 Å². The minimum atomic E-state index is -0.187. The summed E-state index contributed by atoms with van der Waals surface area (Å²) in [6.45, 7) is 14.2. The Balaban J connectivity index is 1.01. The molecule has 2 aliphatic heterocycles. The Morgan fingerprint density at radius 3 is 1.18 bits per heavy atom. The summed E-state index contributed by atoms with van der Waals surface area (Å²) in [7, 11) is 0. The van der Waals surface area contributed by atoms with Crippen LogP contribution in [0, 0.1) is 13.8 Å². The van der Waals surface area contributed by atoms with Gasteiger partial charge in [-0.3, -0.25) is 0 Å². The second-order valence-corrected chi connectivity index (χ2v) is 28.0. The van der Waals surface area contributed by atoms with Gasteiger partial charge in [0.2, 0.25) is 0 Å². The van der Waals surface area contributed by atoms with E-state index < -0.39 is 0 Å². The summed E-state index contributed by atoms with van der Waals surface area (Å²) in [6, 6.07) is 70.7. The Hall–Kier alpha value is -6.46. The number of aryl methyl sites for hydroxylation is 2. The van der Waals surface area contributed by atoms with E-state index in [4.69, 9.17) is 0 Å². The number of anilines is 6. The Kier molecular flexibility index (Phi) is 9.31. The predicted molar refractivity (Wildman–Crippen MR) is 315 cm³/mol. The molecule has 0 saturated carbocycles. The summed E-state index contributed by atoms with van der Waals surface area (Å²) in [5.41, 5.74) is 15.2. The molecule has 4 aromatic heterocycles. The number of nitrogens with zero attached hydrogens (tertiary/aromatic N) is 2. The second-order valence-electron chi connectivity index (χ2n) is 20.9. The zero-order valence-corrected chi connectivity index (χ0v) is 45.9. The van der Waals surface area contributed by atoms with Crippen molar-refractivity contribution < 1.29 is 0 Å². The van der Waals surface area contributed by atoms with E-state index >= 15 is 0 Å². The van der Waals surface area contributed by atoms with Crippen LogP contribution in [0.5, 0.6) is 0 Å². The van der Waals surface area contributed by atoms with Gasteiger partial charge < -0.3 is 0 Å². The number of rotatable bonds is 4. The van der Waals surface area contributed by atoms with Gasteiger partial charge in [0, 0.05) is 0 Å². The van der Waals surface area contributed by atoms with Crippen LogP contribution in [0.25, 0.3) is 81.0 Å². The molecule has 9 aromatic carbocycles.